The van der Waals surface area contributed by atoms with Crippen molar-refractivity contribution in [2.75, 3.05) is 0 Å². The lowest BCUT2D eigenvalue weighted by atomic mass is 9.95. The van der Waals surface area contributed by atoms with Gasteiger partial charge in [-0.05, 0) is 26.7 Å². The van der Waals surface area contributed by atoms with Crippen LogP contribution >= 0.6 is 11.3 Å². The molecule has 4 nitrogen and oxygen atoms in total. The molecule has 1 heterocycles. The molecule has 1 aromatic rings. The summed E-state index contributed by atoms with van der Waals surface area (Å²) in [6.45, 7) is 8.04. The first kappa shape index (κ1) is 14.1. The summed E-state index contributed by atoms with van der Waals surface area (Å²) >= 11 is 1.43. The van der Waals surface area contributed by atoms with E-state index < -0.39 is 0 Å². The number of hydrogen-bond acceptors (Lipinski definition) is 4. The SMILES string of the molecule is CCC(C)(CC)NC(=O)c1csc(C(C)N)n1. The maximum atomic E-state index is 12.0. The van der Waals surface area contributed by atoms with E-state index in [1.165, 1.54) is 11.3 Å². The lowest BCUT2D eigenvalue weighted by molar-refractivity contribution is 0.0896. The van der Waals surface area contributed by atoms with Crippen LogP contribution in [0, 0.1) is 0 Å². The molecule has 0 bridgehead atoms. The number of nitrogens with two attached hydrogens (primary N) is 1. The summed E-state index contributed by atoms with van der Waals surface area (Å²) < 4.78 is 0. The molecular weight excluding hydrogens is 234 g/mol. The Kier molecular flexibility index (Phi) is 4.65. The highest BCUT2D eigenvalue weighted by molar-refractivity contribution is 7.09. The van der Waals surface area contributed by atoms with E-state index in [1.807, 2.05) is 13.8 Å². The van der Waals surface area contributed by atoms with Gasteiger partial charge in [0.2, 0.25) is 0 Å². The standard InChI is InChI=1S/C12H21N3OS/c1-5-12(4,6-2)15-10(16)9-7-17-11(14-9)8(3)13/h7-8H,5-6,13H2,1-4H3,(H,15,16). The third-order valence-corrected chi connectivity index (χ3v) is 4.17. The average Bonchev–Trinajstić information content (AvgIpc) is 2.78. The highest BCUT2D eigenvalue weighted by Crippen LogP contribution is 2.18. The molecule has 0 spiro atoms. The van der Waals surface area contributed by atoms with Crippen molar-refractivity contribution in [1.29, 1.82) is 0 Å². The number of carbonyl (C=O) groups is 1. The first-order chi connectivity index (χ1) is 7.91. The van der Waals surface area contributed by atoms with Crippen molar-refractivity contribution in [2.24, 2.45) is 5.73 Å². The van der Waals surface area contributed by atoms with Crippen molar-refractivity contribution in [1.82, 2.24) is 10.3 Å². The zero-order valence-corrected chi connectivity index (χ0v) is 11.7. The summed E-state index contributed by atoms with van der Waals surface area (Å²) in [7, 11) is 0. The Hall–Kier alpha value is -0.940. The predicted octanol–water partition coefficient (Wildman–Crippen LogP) is 2.47. The van der Waals surface area contributed by atoms with Crippen LogP contribution < -0.4 is 11.1 Å². The van der Waals surface area contributed by atoms with E-state index in [9.17, 15) is 4.79 Å². The Balaban J connectivity index is 2.76. The van der Waals surface area contributed by atoms with Crippen LogP contribution in [0.15, 0.2) is 5.38 Å². The quantitative estimate of drug-likeness (QED) is 0.849. The van der Waals surface area contributed by atoms with Crippen LogP contribution in [0.4, 0.5) is 0 Å². The van der Waals surface area contributed by atoms with Crippen LogP contribution in [0.1, 0.15) is 62.1 Å². The van der Waals surface area contributed by atoms with Gasteiger partial charge >= 0.3 is 0 Å². The Morgan fingerprint density at radius 2 is 2.18 bits per heavy atom. The largest absolute Gasteiger partial charge is 0.346 e. The van der Waals surface area contributed by atoms with Gasteiger partial charge in [-0.25, -0.2) is 4.98 Å². The van der Waals surface area contributed by atoms with E-state index in [4.69, 9.17) is 5.73 Å². The van der Waals surface area contributed by atoms with Gasteiger partial charge < -0.3 is 11.1 Å². The highest BCUT2D eigenvalue weighted by Gasteiger charge is 2.23. The number of nitrogens with one attached hydrogen (secondary N) is 1. The number of thiazole rings is 1. The van der Waals surface area contributed by atoms with Gasteiger partial charge in [-0.1, -0.05) is 13.8 Å². The van der Waals surface area contributed by atoms with Gasteiger partial charge in [0.05, 0.1) is 6.04 Å². The molecule has 0 saturated heterocycles. The molecule has 17 heavy (non-hydrogen) atoms. The smallest absolute Gasteiger partial charge is 0.271 e. The molecule has 1 amide bonds. The number of carbonyl (C=O) groups excluding carboxylic acids is 1. The van der Waals surface area contributed by atoms with Crippen molar-refractivity contribution in [3.05, 3.63) is 16.1 Å². The first-order valence-electron chi connectivity index (χ1n) is 5.95. The number of rotatable bonds is 5. The molecule has 1 atom stereocenters. The minimum absolute atomic E-state index is 0.112. The van der Waals surface area contributed by atoms with E-state index in [0.717, 1.165) is 17.8 Å². The van der Waals surface area contributed by atoms with Gasteiger partial charge in [-0.3, -0.25) is 4.79 Å². The number of nitrogens with zero attached hydrogens (tertiary/aromatic N) is 1. The van der Waals surface area contributed by atoms with E-state index in [0.29, 0.717) is 5.69 Å². The first-order valence-corrected chi connectivity index (χ1v) is 6.83. The van der Waals surface area contributed by atoms with Gasteiger partial charge in [0.15, 0.2) is 0 Å². The molecule has 1 aromatic heterocycles. The molecule has 0 saturated carbocycles. The van der Waals surface area contributed by atoms with Crippen LogP contribution in [0.5, 0.6) is 0 Å². The number of amides is 1. The van der Waals surface area contributed by atoms with Gasteiger partial charge in [0.1, 0.15) is 10.7 Å². The van der Waals surface area contributed by atoms with Gasteiger partial charge in [-0.2, -0.15) is 0 Å². The second-order valence-corrected chi connectivity index (χ2v) is 5.47. The molecule has 0 radical (unpaired) electrons. The minimum atomic E-state index is -0.158. The summed E-state index contributed by atoms with van der Waals surface area (Å²) in [4.78, 5) is 16.3. The molecular formula is C12H21N3OS. The minimum Gasteiger partial charge on any atom is -0.346 e. The normalized spacial score (nSPS) is 13.5. The lowest BCUT2D eigenvalue weighted by Crippen LogP contribution is -2.45. The van der Waals surface area contributed by atoms with Crippen molar-refractivity contribution >= 4 is 17.2 Å². The van der Waals surface area contributed by atoms with Crippen LogP contribution in [-0.2, 0) is 0 Å². The number of aromatic nitrogens is 1. The monoisotopic (exact) mass is 255 g/mol. The second kappa shape index (κ2) is 5.60. The number of hydrogen-bond donors (Lipinski definition) is 2. The summed E-state index contributed by atoms with van der Waals surface area (Å²) in [5, 5.41) is 5.59. The predicted molar refractivity (Wildman–Crippen MR) is 71.2 cm³/mol. The lowest BCUT2D eigenvalue weighted by Gasteiger charge is -2.27. The maximum absolute atomic E-state index is 12.0. The molecule has 5 heteroatoms. The Labute approximate surface area is 107 Å². The molecule has 1 unspecified atom stereocenters. The van der Waals surface area contributed by atoms with Crippen LogP contribution in [-0.4, -0.2) is 16.4 Å². The fourth-order valence-corrected chi connectivity index (χ4v) is 2.12. The molecule has 1 rings (SSSR count). The van der Waals surface area contributed by atoms with Gasteiger partial charge in [0, 0.05) is 10.9 Å². The molecule has 0 aromatic carbocycles. The van der Waals surface area contributed by atoms with Crippen LogP contribution in [0.25, 0.3) is 0 Å². The summed E-state index contributed by atoms with van der Waals surface area (Å²) in [6.07, 6.45) is 1.80. The summed E-state index contributed by atoms with van der Waals surface area (Å²) in [6, 6.07) is -0.120. The molecule has 0 aliphatic rings. The zero-order chi connectivity index (χ0) is 13.1. The average molecular weight is 255 g/mol. The topological polar surface area (TPSA) is 68.0 Å². The Morgan fingerprint density at radius 1 is 1.59 bits per heavy atom. The highest BCUT2D eigenvalue weighted by atomic mass is 32.1. The molecule has 0 aliphatic carbocycles. The second-order valence-electron chi connectivity index (χ2n) is 4.58. The van der Waals surface area contributed by atoms with Crippen molar-refractivity contribution in [3.8, 4) is 0 Å². The molecule has 0 aliphatic heterocycles. The van der Waals surface area contributed by atoms with Crippen LogP contribution in [0.2, 0.25) is 0 Å². The fraction of sp³-hybridized carbons (Fsp3) is 0.667. The fourth-order valence-electron chi connectivity index (χ4n) is 1.37. The Bertz CT molecular complexity index is 383. The molecule has 3 N–H and O–H groups in total. The third kappa shape index (κ3) is 3.51. The summed E-state index contributed by atoms with van der Waals surface area (Å²) in [5.41, 5.74) is 6.03. The van der Waals surface area contributed by atoms with Crippen molar-refractivity contribution < 1.29 is 4.79 Å². The maximum Gasteiger partial charge on any atom is 0.271 e. The Morgan fingerprint density at radius 3 is 2.59 bits per heavy atom. The zero-order valence-electron chi connectivity index (χ0n) is 10.9. The van der Waals surface area contributed by atoms with Gasteiger partial charge in [0.25, 0.3) is 5.91 Å². The van der Waals surface area contributed by atoms with E-state index in [-0.39, 0.29) is 17.5 Å². The van der Waals surface area contributed by atoms with Crippen LogP contribution in [0.3, 0.4) is 0 Å². The van der Waals surface area contributed by atoms with E-state index in [1.54, 1.807) is 5.38 Å². The van der Waals surface area contributed by atoms with Crippen molar-refractivity contribution in [2.45, 2.75) is 52.1 Å². The van der Waals surface area contributed by atoms with E-state index >= 15 is 0 Å². The third-order valence-electron chi connectivity index (χ3n) is 3.12. The van der Waals surface area contributed by atoms with Gasteiger partial charge in [-0.15, -0.1) is 11.3 Å². The molecule has 0 fully saturated rings. The summed E-state index contributed by atoms with van der Waals surface area (Å²) in [5.74, 6) is -0.112. The van der Waals surface area contributed by atoms with E-state index in [2.05, 4.69) is 24.1 Å². The molecule has 96 valence electrons. The van der Waals surface area contributed by atoms with Crippen molar-refractivity contribution in [3.63, 3.8) is 0 Å².